The Hall–Kier alpha value is -2.12. The Morgan fingerprint density at radius 3 is 1.93 bits per heavy atom. The lowest BCUT2D eigenvalue weighted by atomic mass is 9.89. The fraction of sp³-hybridized carbons (Fsp3) is 0.429. The maximum absolute atomic E-state index is 5.96. The molecule has 0 atom stereocenters. The molecule has 148 valence electrons. The summed E-state index contributed by atoms with van der Waals surface area (Å²) >= 11 is 0. The van der Waals surface area contributed by atoms with Crippen molar-refractivity contribution in [2.75, 3.05) is 42.7 Å². The molecule has 0 radical (unpaired) electrons. The second-order valence-corrected chi connectivity index (χ2v) is 5.91. The van der Waals surface area contributed by atoms with Gasteiger partial charge in [0.05, 0.1) is 30.9 Å². The van der Waals surface area contributed by atoms with Crippen molar-refractivity contribution in [3.8, 4) is 11.5 Å². The number of benzene rings is 2. The summed E-state index contributed by atoms with van der Waals surface area (Å²) in [7, 11) is 9.54. The third kappa shape index (κ3) is 3.66. The number of aryl methyl sites for hydroxylation is 1. The molecule has 0 aliphatic carbocycles. The van der Waals surface area contributed by atoms with Gasteiger partial charge in [0.25, 0.3) is 0 Å². The normalized spacial score (nSPS) is 11.7. The molecule has 0 aliphatic rings. The average molecular weight is 376 g/mol. The number of rotatable bonds is 9. The van der Waals surface area contributed by atoms with Gasteiger partial charge in [-0.05, 0) is 30.7 Å². The van der Waals surface area contributed by atoms with Gasteiger partial charge in [0, 0.05) is 28.4 Å². The van der Waals surface area contributed by atoms with Crippen LogP contribution < -0.4 is 9.47 Å². The predicted octanol–water partition coefficient (Wildman–Crippen LogP) is 3.80. The minimum absolute atomic E-state index is 0.568. The monoisotopic (exact) mass is 376 g/mol. The van der Waals surface area contributed by atoms with Gasteiger partial charge in [-0.1, -0.05) is 18.2 Å². The van der Waals surface area contributed by atoms with E-state index in [4.69, 9.17) is 28.4 Å². The number of hydrogen-bond donors (Lipinski definition) is 0. The molecule has 0 spiro atoms. The zero-order valence-electron chi connectivity index (χ0n) is 17.0. The van der Waals surface area contributed by atoms with E-state index in [-0.39, 0.29) is 0 Å². The quantitative estimate of drug-likeness (QED) is 0.621. The van der Waals surface area contributed by atoms with E-state index in [1.165, 1.54) is 0 Å². The van der Waals surface area contributed by atoms with Crippen molar-refractivity contribution in [1.29, 1.82) is 0 Å². The molecule has 2 aromatic rings. The Kier molecular flexibility index (Phi) is 7.21. The zero-order valence-corrected chi connectivity index (χ0v) is 17.0. The van der Waals surface area contributed by atoms with Gasteiger partial charge in [-0.15, -0.1) is 0 Å². The standard InChI is InChI=1S/C21H28O6/c1-14-12-13-15(20(24-4)25-5)19(23-3)18(14)21(26-6,27-7)16-10-8-9-11-17(16)22-2/h8-13,20H,1-7H3. The summed E-state index contributed by atoms with van der Waals surface area (Å²) in [5.74, 6) is -0.0363. The van der Waals surface area contributed by atoms with Crippen LogP contribution in [-0.2, 0) is 24.7 Å². The molecule has 0 saturated heterocycles. The topological polar surface area (TPSA) is 55.4 Å². The van der Waals surface area contributed by atoms with E-state index in [1.807, 2.05) is 43.3 Å². The van der Waals surface area contributed by atoms with Crippen molar-refractivity contribution in [1.82, 2.24) is 0 Å². The van der Waals surface area contributed by atoms with E-state index >= 15 is 0 Å². The van der Waals surface area contributed by atoms with Gasteiger partial charge in [-0.3, -0.25) is 0 Å². The van der Waals surface area contributed by atoms with Gasteiger partial charge in [0.1, 0.15) is 11.5 Å². The summed E-state index contributed by atoms with van der Waals surface area (Å²) in [6.07, 6.45) is -0.594. The van der Waals surface area contributed by atoms with Crippen molar-refractivity contribution in [2.24, 2.45) is 0 Å². The van der Waals surface area contributed by atoms with Crippen molar-refractivity contribution in [3.63, 3.8) is 0 Å². The predicted molar refractivity (Wildman–Crippen MR) is 102 cm³/mol. The van der Waals surface area contributed by atoms with Gasteiger partial charge in [0.2, 0.25) is 5.79 Å². The minimum Gasteiger partial charge on any atom is -0.496 e. The highest BCUT2D eigenvalue weighted by Gasteiger charge is 2.42. The lowest BCUT2D eigenvalue weighted by Crippen LogP contribution is -2.34. The van der Waals surface area contributed by atoms with Crippen LogP contribution in [0, 0.1) is 6.92 Å². The van der Waals surface area contributed by atoms with Gasteiger partial charge >= 0.3 is 0 Å². The largest absolute Gasteiger partial charge is 0.496 e. The zero-order chi connectivity index (χ0) is 20.0. The van der Waals surface area contributed by atoms with E-state index in [9.17, 15) is 0 Å². The highest BCUT2D eigenvalue weighted by Crippen LogP contribution is 2.47. The second kappa shape index (κ2) is 9.19. The summed E-state index contributed by atoms with van der Waals surface area (Å²) in [5.41, 5.74) is 3.10. The van der Waals surface area contributed by atoms with Gasteiger partial charge < -0.3 is 28.4 Å². The molecule has 0 N–H and O–H groups in total. The lowest BCUT2D eigenvalue weighted by Gasteiger charge is -2.36. The molecule has 6 nitrogen and oxygen atoms in total. The van der Waals surface area contributed by atoms with Crippen LogP contribution in [0.2, 0.25) is 0 Å². The Balaban J connectivity index is 2.87. The minimum atomic E-state index is -1.25. The lowest BCUT2D eigenvalue weighted by molar-refractivity contribution is -0.186. The molecule has 2 rings (SSSR count). The van der Waals surface area contributed by atoms with Crippen LogP contribution in [0.25, 0.3) is 0 Å². The number of para-hydroxylation sites is 1. The smallest absolute Gasteiger partial charge is 0.229 e. The summed E-state index contributed by atoms with van der Waals surface area (Å²) < 4.78 is 34.2. The number of hydrogen-bond acceptors (Lipinski definition) is 6. The van der Waals surface area contributed by atoms with Crippen LogP contribution in [0.15, 0.2) is 36.4 Å². The van der Waals surface area contributed by atoms with Gasteiger partial charge in [-0.25, -0.2) is 0 Å². The summed E-state index contributed by atoms with van der Waals surface area (Å²) in [6.45, 7) is 1.97. The highest BCUT2D eigenvalue weighted by molar-refractivity contribution is 5.55. The van der Waals surface area contributed by atoms with E-state index in [0.717, 1.165) is 22.3 Å². The fourth-order valence-corrected chi connectivity index (χ4v) is 3.42. The molecule has 0 saturated carbocycles. The van der Waals surface area contributed by atoms with Crippen LogP contribution in [-0.4, -0.2) is 42.7 Å². The third-order valence-electron chi connectivity index (χ3n) is 4.65. The molecule has 0 aromatic heterocycles. The first kappa shape index (κ1) is 21.2. The molecule has 0 bridgehead atoms. The SMILES string of the molecule is COc1ccccc1C(OC)(OC)c1c(C)ccc(C(OC)OC)c1OC. The first-order chi connectivity index (χ1) is 13.0. The Morgan fingerprint density at radius 2 is 1.41 bits per heavy atom. The summed E-state index contributed by atoms with van der Waals surface area (Å²) in [5, 5.41) is 0. The van der Waals surface area contributed by atoms with E-state index in [0.29, 0.717) is 11.5 Å². The van der Waals surface area contributed by atoms with Gasteiger partial charge in [-0.2, -0.15) is 0 Å². The molecule has 0 heterocycles. The summed E-state index contributed by atoms with van der Waals surface area (Å²) in [4.78, 5) is 0. The fourth-order valence-electron chi connectivity index (χ4n) is 3.42. The maximum Gasteiger partial charge on any atom is 0.229 e. The molecule has 2 aromatic carbocycles. The van der Waals surface area contributed by atoms with E-state index < -0.39 is 12.1 Å². The summed E-state index contributed by atoms with van der Waals surface area (Å²) in [6, 6.07) is 11.4. The maximum atomic E-state index is 5.96. The first-order valence-corrected chi connectivity index (χ1v) is 8.51. The number of methoxy groups -OCH3 is 6. The van der Waals surface area contributed by atoms with Crippen molar-refractivity contribution >= 4 is 0 Å². The molecule has 6 heteroatoms. The second-order valence-electron chi connectivity index (χ2n) is 5.91. The Labute approximate surface area is 160 Å². The Bertz CT molecular complexity index is 750. The van der Waals surface area contributed by atoms with Crippen LogP contribution in [0.1, 0.15) is 28.5 Å². The van der Waals surface area contributed by atoms with Gasteiger partial charge in [0.15, 0.2) is 6.29 Å². The Morgan fingerprint density at radius 1 is 0.778 bits per heavy atom. The van der Waals surface area contributed by atoms with Crippen LogP contribution in [0.3, 0.4) is 0 Å². The number of ether oxygens (including phenoxy) is 6. The van der Waals surface area contributed by atoms with Crippen molar-refractivity contribution in [3.05, 3.63) is 58.7 Å². The van der Waals surface area contributed by atoms with Crippen LogP contribution >= 0.6 is 0 Å². The first-order valence-electron chi connectivity index (χ1n) is 8.51. The van der Waals surface area contributed by atoms with Crippen molar-refractivity contribution < 1.29 is 28.4 Å². The van der Waals surface area contributed by atoms with E-state index in [2.05, 4.69) is 0 Å². The highest BCUT2D eigenvalue weighted by atomic mass is 16.7. The third-order valence-corrected chi connectivity index (χ3v) is 4.65. The van der Waals surface area contributed by atoms with Crippen LogP contribution in [0.4, 0.5) is 0 Å². The molecule has 0 amide bonds. The molecule has 27 heavy (non-hydrogen) atoms. The average Bonchev–Trinajstić information content (AvgIpc) is 2.72. The molecular weight excluding hydrogens is 348 g/mol. The molecule has 0 unspecified atom stereocenters. The molecule has 0 fully saturated rings. The molecule has 0 aliphatic heterocycles. The van der Waals surface area contributed by atoms with Crippen molar-refractivity contribution in [2.45, 2.75) is 19.0 Å². The molecular formula is C21H28O6. The van der Waals surface area contributed by atoms with E-state index in [1.54, 1.807) is 42.7 Å². The van der Waals surface area contributed by atoms with Crippen LogP contribution in [0.5, 0.6) is 11.5 Å².